The quantitative estimate of drug-likeness (QED) is 0.543. The van der Waals surface area contributed by atoms with Crippen molar-refractivity contribution in [3.8, 4) is 5.75 Å². The van der Waals surface area contributed by atoms with Crippen LogP contribution in [0.4, 0.5) is 0 Å². The highest BCUT2D eigenvalue weighted by atomic mass is 16.5. The fourth-order valence-electron chi connectivity index (χ4n) is 5.74. The highest BCUT2D eigenvalue weighted by molar-refractivity contribution is 5.66. The van der Waals surface area contributed by atoms with E-state index in [1.807, 2.05) is 30.3 Å². The van der Waals surface area contributed by atoms with Gasteiger partial charge >= 0.3 is 5.97 Å². The third-order valence-corrected chi connectivity index (χ3v) is 7.08. The molecule has 0 heterocycles. The summed E-state index contributed by atoms with van der Waals surface area (Å²) in [5.41, 5.74) is 1.40. The third-order valence-electron chi connectivity index (χ3n) is 7.08. The van der Waals surface area contributed by atoms with Crippen molar-refractivity contribution in [3.05, 3.63) is 42.0 Å². The van der Waals surface area contributed by atoms with Crippen LogP contribution in [0, 0.1) is 23.2 Å². The lowest BCUT2D eigenvalue weighted by Crippen LogP contribution is -2.57. The Morgan fingerprint density at radius 1 is 1.34 bits per heavy atom. The molecule has 160 valence electrons. The molecule has 1 aromatic rings. The average molecular weight is 403 g/mol. The van der Waals surface area contributed by atoms with Gasteiger partial charge in [-0.25, -0.2) is 0 Å². The van der Waals surface area contributed by atoms with Crippen LogP contribution >= 0.6 is 0 Å². The number of rotatable bonds is 9. The summed E-state index contributed by atoms with van der Waals surface area (Å²) in [6.45, 7) is 4.71. The minimum atomic E-state index is -0.765. The highest BCUT2D eigenvalue weighted by Gasteiger charge is 2.58. The third kappa shape index (κ3) is 4.84. The summed E-state index contributed by atoms with van der Waals surface area (Å²) < 4.78 is 5.65. The van der Waals surface area contributed by atoms with Gasteiger partial charge in [0.1, 0.15) is 12.4 Å². The number of ether oxygens (including phenoxy) is 1. The van der Waals surface area contributed by atoms with Gasteiger partial charge in [-0.2, -0.15) is 0 Å². The molecule has 0 amide bonds. The molecule has 0 spiro atoms. The first-order valence-electron chi connectivity index (χ1n) is 10.8. The van der Waals surface area contributed by atoms with Gasteiger partial charge in [0.05, 0.1) is 12.2 Å². The maximum atomic E-state index is 10.8. The molecule has 5 nitrogen and oxygen atoms in total. The van der Waals surface area contributed by atoms with Gasteiger partial charge in [0.25, 0.3) is 0 Å². The molecular weight excluding hydrogens is 368 g/mol. The monoisotopic (exact) mass is 402 g/mol. The van der Waals surface area contributed by atoms with E-state index in [1.54, 1.807) is 0 Å². The number of carboxylic acids is 1. The van der Waals surface area contributed by atoms with Crippen LogP contribution in [0.1, 0.15) is 52.4 Å². The van der Waals surface area contributed by atoms with Gasteiger partial charge in [0.15, 0.2) is 0 Å². The zero-order chi connectivity index (χ0) is 21.0. The maximum Gasteiger partial charge on any atom is 0.303 e. The minimum Gasteiger partial charge on any atom is -0.491 e. The summed E-state index contributed by atoms with van der Waals surface area (Å²) >= 11 is 0. The summed E-state index contributed by atoms with van der Waals surface area (Å²) in [6.07, 6.45) is 5.04. The topological polar surface area (TPSA) is 87.0 Å². The number of aliphatic hydroxyl groups excluding tert-OH is 2. The number of benzene rings is 1. The standard InChI is InChI=1S/C24H34O5/c1-16-20(9-6-10-22(27)28)24(2)14-13-21(26)19(23(16)24)12-11-17(25)15-29-18-7-4-3-5-8-18/h3-5,7-9,16-17,19,21,23,25-26H,6,10-15H2,1-2H3,(H,27,28)/t16?,17?,19-,21+,23+,24+/m0/s1. The Morgan fingerprint density at radius 2 is 2.07 bits per heavy atom. The first-order valence-corrected chi connectivity index (χ1v) is 10.8. The van der Waals surface area contributed by atoms with Crippen molar-refractivity contribution in [2.24, 2.45) is 23.2 Å². The number of hydrogen-bond acceptors (Lipinski definition) is 4. The Labute approximate surface area is 173 Å². The van der Waals surface area contributed by atoms with E-state index in [-0.39, 0.29) is 30.5 Å². The molecule has 2 fully saturated rings. The SMILES string of the molecule is CC1C(=CCCC(=O)O)[C@@]2(C)CC[C@@H](O)[C@H](CCC(O)COc3ccccc3)[C@@H]12. The molecule has 2 saturated carbocycles. The van der Waals surface area contributed by atoms with Crippen LogP contribution in [0.3, 0.4) is 0 Å². The Morgan fingerprint density at radius 3 is 2.76 bits per heavy atom. The Balaban J connectivity index is 1.55. The second kappa shape index (κ2) is 9.31. The lowest BCUT2D eigenvalue weighted by molar-refractivity contribution is -0.136. The molecule has 6 atom stereocenters. The smallest absolute Gasteiger partial charge is 0.303 e. The van der Waals surface area contributed by atoms with Gasteiger partial charge in [0, 0.05) is 6.42 Å². The van der Waals surface area contributed by atoms with E-state index in [4.69, 9.17) is 9.84 Å². The van der Waals surface area contributed by atoms with Crippen LogP contribution in [0.15, 0.2) is 42.0 Å². The van der Waals surface area contributed by atoms with E-state index in [2.05, 4.69) is 19.9 Å². The van der Waals surface area contributed by atoms with E-state index < -0.39 is 12.1 Å². The molecular formula is C24H34O5. The molecule has 3 rings (SSSR count). The number of aliphatic carboxylic acids is 1. The molecule has 1 aromatic carbocycles. The Kier molecular flexibility index (Phi) is 7.01. The number of carbonyl (C=O) groups is 1. The van der Waals surface area contributed by atoms with Crippen molar-refractivity contribution in [3.63, 3.8) is 0 Å². The van der Waals surface area contributed by atoms with Crippen LogP contribution < -0.4 is 4.74 Å². The molecule has 0 aliphatic heterocycles. The maximum absolute atomic E-state index is 10.8. The van der Waals surface area contributed by atoms with Gasteiger partial charge in [-0.3, -0.25) is 4.79 Å². The normalized spacial score (nSPS) is 33.6. The minimum absolute atomic E-state index is 0.0489. The van der Waals surface area contributed by atoms with E-state index in [1.165, 1.54) is 5.57 Å². The van der Waals surface area contributed by atoms with Crippen molar-refractivity contribution in [1.29, 1.82) is 0 Å². The number of aliphatic hydroxyl groups is 2. The molecule has 0 saturated heterocycles. The molecule has 29 heavy (non-hydrogen) atoms. The molecule has 3 N–H and O–H groups in total. The summed E-state index contributed by atoms with van der Waals surface area (Å²) in [6, 6.07) is 9.48. The van der Waals surface area contributed by atoms with E-state index in [9.17, 15) is 15.0 Å². The Bertz CT molecular complexity index is 715. The van der Waals surface area contributed by atoms with Gasteiger partial charge in [0.2, 0.25) is 0 Å². The van der Waals surface area contributed by atoms with Crippen molar-refractivity contribution < 1.29 is 24.9 Å². The molecule has 2 aliphatic rings. The van der Waals surface area contributed by atoms with Crippen LogP contribution in [-0.2, 0) is 4.79 Å². The summed E-state index contributed by atoms with van der Waals surface area (Å²) in [5, 5.41) is 29.9. The number of carboxylic acid groups (broad SMARTS) is 1. The molecule has 2 unspecified atom stereocenters. The average Bonchev–Trinajstić information content (AvgIpc) is 2.70. The fraction of sp³-hybridized carbons (Fsp3) is 0.625. The van der Waals surface area contributed by atoms with Gasteiger partial charge in [-0.1, -0.05) is 43.7 Å². The first-order chi connectivity index (χ1) is 13.8. The van der Waals surface area contributed by atoms with Crippen molar-refractivity contribution >= 4 is 5.97 Å². The Hall–Kier alpha value is -1.85. The molecule has 0 radical (unpaired) electrons. The van der Waals surface area contributed by atoms with Crippen molar-refractivity contribution in [1.82, 2.24) is 0 Å². The summed E-state index contributed by atoms with van der Waals surface area (Å²) in [7, 11) is 0. The summed E-state index contributed by atoms with van der Waals surface area (Å²) in [5.74, 6) is 0.877. The molecule has 2 aliphatic carbocycles. The van der Waals surface area contributed by atoms with E-state index in [0.717, 1.165) is 25.0 Å². The second-order valence-electron chi connectivity index (χ2n) is 8.95. The van der Waals surface area contributed by atoms with Crippen molar-refractivity contribution in [2.45, 2.75) is 64.6 Å². The van der Waals surface area contributed by atoms with Crippen LogP contribution in [-0.4, -0.2) is 40.1 Å². The number of fused-ring (bicyclic) bond motifs is 1. The van der Waals surface area contributed by atoms with Gasteiger partial charge < -0.3 is 20.1 Å². The lowest BCUT2D eigenvalue weighted by Gasteiger charge is -2.62. The van der Waals surface area contributed by atoms with Crippen molar-refractivity contribution in [2.75, 3.05) is 6.61 Å². The van der Waals surface area contributed by atoms with Crippen LogP contribution in [0.2, 0.25) is 0 Å². The van der Waals surface area contributed by atoms with Crippen LogP contribution in [0.5, 0.6) is 5.75 Å². The molecule has 5 heteroatoms. The zero-order valence-corrected chi connectivity index (χ0v) is 17.5. The summed E-state index contributed by atoms with van der Waals surface area (Å²) in [4.78, 5) is 10.8. The highest BCUT2D eigenvalue weighted by Crippen LogP contribution is 2.64. The number of para-hydroxylation sites is 1. The van der Waals surface area contributed by atoms with E-state index in [0.29, 0.717) is 24.7 Å². The van der Waals surface area contributed by atoms with Gasteiger partial charge in [-0.05, 0) is 67.4 Å². The van der Waals surface area contributed by atoms with Gasteiger partial charge in [-0.15, -0.1) is 0 Å². The second-order valence-corrected chi connectivity index (χ2v) is 8.95. The van der Waals surface area contributed by atoms with Crippen LogP contribution in [0.25, 0.3) is 0 Å². The fourth-order valence-corrected chi connectivity index (χ4v) is 5.74. The zero-order valence-electron chi connectivity index (χ0n) is 17.5. The first kappa shape index (κ1) is 21.8. The molecule has 0 aromatic heterocycles. The number of allylic oxidation sites excluding steroid dienone is 2. The molecule has 0 bridgehead atoms. The number of hydrogen-bond donors (Lipinski definition) is 3. The predicted octanol–water partition coefficient (Wildman–Crippen LogP) is 4.04. The van der Waals surface area contributed by atoms with E-state index >= 15 is 0 Å². The largest absolute Gasteiger partial charge is 0.491 e. The lowest BCUT2D eigenvalue weighted by atomic mass is 9.43. The predicted molar refractivity (Wildman–Crippen MR) is 112 cm³/mol.